The first-order valence-electron chi connectivity index (χ1n) is 4.99. The van der Waals surface area contributed by atoms with E-state index in [0.29, 0.717) is 21.9 Å². The van der Waals surface area contributed by atoms with Crippen LogP contribution in [0.4, 0.5) is 0 Å². The van der Waals surface area contributed by atoms with E-state index in [2.05, 4.69) is 26.1 Å². The standard InChI is InChI=1S/C11H6BrN3O3/c12-8-3-2-7(18-8)10-14-13-9-4-1-6(11(16)17)5-15(9)10/h1-5H,(H,16,17). The average molecular weight is 308 g/mol. The lowest BCUT2D eigenvalue weighted by atomic mass is 10.3. The van der Waals surface area contributed by atoms with Gasteiger partial charge in [-0.1, -0.05) is 0 Å². The lowest BCUT2D eigenvalue weighted by Gasteiger charge is -1.98. The van der Waals surface area contributed by atoms with Gasteiger partial charge in [0.05, 0.1) is 5.56 Å². The Morgan fingerprint density at radius 3 is 2.78 bits per heavy atom. The van der Waals surface area contributed by atoms with Crippen LogP contribution in [0.15, 0.2) is 39.5 Å². The van der Waals surface area contributed by atoms with Gasteiger partial charge in [0.15, 0.2) is 16.1 Å². The topological polar surface area (TPSA) is 80.6 Å². The van der Waals surface area contributed by atoms with Crippen LogP contribution in [0.5, 0.6) is 0 Å². The second-order valence-corrected chi connectivity index (χ2v) is 4.36. The molecule has 0 unspecified atom stereocenters. The highest BCUT2D eigenvalue weighted by Crippen LogP contribution is 2.24. The highest BCUT2D eigenvalue weighted by atomic mass is 79.9. The van der Waals surface area contributed by atoms with Gasteiger partial charge in [0, 0.05) is 6.20 Å². The summed E-state index contributed by atoms with van der Waals surface area (Å²) < 4.78 is 7.53. The fourth-order valence-electron chi connectivity index (χ4n) is 1.62. The first-order valence-corrected chi connectivity index (χ1v) is 5.78. The molecule has 3 rings (SSSR count). The quantitative estimate of drug-likeness (QED) is 0.786. The number of pyridine rings is 1. The molecule has 3 aromatic heterocycles. The van der Waals surface area contributed by atoms with E-state index in [1.54, 1.807) is 22.6 Å². The summed E-state index contributed by atoms with van der Waals surface area (Å²) in [7, 11) is 0. The number of furan rings is 1. The van der Waals surface area contributed by atoms with Crippen LogP contribution in [0.3, 0.4) is 0 Å². The lowest BCUT2D eigenvalue weighted by molar-refractivity contribution is 0.0696. The van der Waals surface area contributed by atoms with Gasteiger partial charge >= 0.3 is 5.97 Å². The molecule has 3 heterocycles. The molecule has 1 N–H and O–H groups in total. The summed E-state index contributed by atoms with van der Waals surface area (Å²) in [5, 5.41) is 16.9. The van der Waals surface area contributed by atoms with Crippen LogP contribution in [0.2, 0.25) is 0 Å². The van der Waals surface area contributed by atoms with Crippen LogP contribution >= 0.6 is 15.9 Å². The van der Waals surface area contributed by atoms with Crippen LogP contribution in [0.25, 0.3) is 17.2 Å². The summed E-state index contributed by atoms with van der Waals surface area (Å²) in [5.74, 6) is -0.0344. The molecule has 0 aromatic carbocycles. The Labute approximate surface area is 109 Å². The molecule has 0 amide bonds. The van der Waals surface area contributed by atoms with Crippen LogP contribution < -0.4 is 0 Å². The van der Waals surface area contributed by atoms with E-state index in [-0.39, 0.29) is 5.56 Å². The maximum atomic E-state index is 10.9. The number of carboxylic acids is 1. The molecule has 0 saturated carbocycles. The zero-order valence-corrected chi connectivity index (χ0v) is 10.5. The third kappa shape index (κ3) is 1.68. The first-order chi connectivity index (χ1) is 8.65. The van der Waals surface area contributed by atoms with E-state index in [1.165, 1.54) is 12.3 Å². The van der Waals surface area contributed by atoms with Gasteiger partial charge in [-0.25, -0.2) is 4.79 Å². The molecule has 0 aliphatic rings. The Bertz CT molecular complexity index is 747. The van der Waals surface area contributed by atoms with Crippen LogP contribution in [0.1, 0.15) is 10.4 Å². The summed E-state index contributed by atoms with van der Waals surface area (Å²) >= 11 is 3.20. The molecule has 3 aromatic rings. The van der Waals surface area contributed by atoms with E-state index in [9.17, 15) is 4.79 Å². The maximum absolute atomic E-state index is 10.9. The minimum absolute atomic E-state index is 0.161. The van der Waals surface area contributed by atoms with E-state index >= 15 is 0 Å². The van der Waals surface area contributed by atoms with Crippen LogP contribution in [-0.2, 0) is 0 Å². The minimum atomic E-state index is -1.00. The number of nitrogens with zero attached hydrogens (tertiary/aromatic N) is 3. The van der Waals surface area contributed by atoms with Crippen molar-refractivity contribution in [3.63, 3.8) is 0 Å². The Morgan fingerprint density at radius 2 is 2.11 bits per heavy atom. The molecule has 0 bridgehead atoms. The predicted molar refractivity (Wildman–Crippen MR) is 65.3 cm³/mol. The zero-order valence-electron chi connectivity index (χ0n) is 8.87. The van der Waals surface area contributed by atoms with Gasteiger partial charge in [-0.05, 0) is 40.2 Å². The molecule has 6 nitrogen and oxygen atoms in total. The molecule has 0 aliphatic heterocycles. The maximum Gasteiger partial charge on any atom is 0.337 e. The van der Waals surface area contributed by atoms with Crippen molar-refractivity contribution < 1.29 is 14.3 Å². The molecule has 18 heavy (non-hydrogen) atoms. The third-order valence-corrected chi connectivity index (χ3v) is 2.87. The summed E-state index contributed by atoms with van der Waals surface area (Å²) in [6.45, 7) is 0. The van der Waals surface area contributed by atoms with Crippen molar-refractivity contribution in [3.8, 4) is 11.6 Å². The van der Waals surface area contributed by atoms with E-state index in [1.807, 2.05) is 0 Å². The fourth-order valence-corrected chi connectivity index (χ4v) is 1.93. The van der Waals surface area contributed by atoms with Crippen molar-refractivity contribution in [1.82, 2.24) is 14.6 Å². The SMILES string of the molecule is O=C(O)c1ccc2nnc(-c3ccc(Br)o3)n2c1. The highest BCUT2D eigenvalue weighted by Gasteiger charge is 2.13. The zero-order chi connectivity index (χ0) is 12.7. The monoisotopic (exact) mass is 307 g/mol. The molecule has 0 saturated heterocycles. The van der Waals surface area contributed by atoms with Gasteiger partial charge in [0.2, 0.25) is 5.82 Å². The third-order valence-electron chi connectivity index (χ3n) is 2.44. The Balaban J connectivity index is 2.23. The lowest BCUT2D eigenvalue weighted by Crippen LogP contribution is -1.99. The molecule has 0 spiro atoms. The molecule has 0 fully saturated rings. The van der Waals surface area contributed by atoms with Gasteiger partial charge in [-0.15, -0.1) is 10.2 Å². The van der Waals surface area contributed by atoms with Crippen molar-refractivity contribution in [1.29, 1.82) is 0 Å². The molecule has 7 heteroatoms. The number of hydrogen-bond donors (Lipinski definition) is 1. The normalized spacial score (nSPS) is 10.9. The highest BCUT2D eigenvalue weighted by molar-refractivity contribution is 9.10. The number of halogens is 1. The van der Waals surface area contributed by atoms with Crippen molar-refractivity contribution in [2.24, 2.45) is 0 Å². The summed E-state index contributed by atoms with van der Waals surface area (Å²) in [4.78, 5) is 10.9. The summed E-state index contributed by atoms with van der Waals surface area (Å²) in [6.07, 6.45) is 1.46. The van der Waals surface area contributed by atoms with Crippen LogP contribution in [-0.4, -0.2) is 25.7 Å². The largest absolute Gasteiger partial charge is 0.478 e. The van der Waals surface area contributed by atoms with Crippen molar-refractivity contribution in [3.05, 3.63) is 40.7 Å². The number of carbonyl (C=O) groups is 1. The van der Waals surface area contributed by atoms with Gasteiger partial charge < -0.3 is 9.52 Å². The number of hydrogen-bond acceptors (Lipinski definition) is 4. The first kappa shape index (κ1) is 11.0. The Morgan fingerprint density at radius 1 is 1.28 bits per heavy atom. The number of carboxylic acid groups (broad SMARTS) is 1. The molecule has 0 radical (unpaired) electrons. The van der Waals surface area contributed by atoms with Crippen molar-refractivity contribution >= 4 is 27.5 Å². The number of rotatable bonds is 2. The number of fused-ring (bicyclic) bond motifs is 1. The second-order valence-electron chi connectivity index (χ2n) is 3.58. The average Bonchev–Trinajstić information content (AvgIpc) is 2.93. The molecular weight excluding hydrogens is 302 g/mol. The van der Waals surface area contributed by atoms with Crippen molar-refractivity contribution in [2.75, 3.05) is 0 Å². The van der Waals surface area contributed by atoms with Crippen molar-refractivity contribution in [2.45, 2.75) is 0 Å². The van der Waals surface area contributed by atoms with Gasteiger partial charge in [-0.2, -0.15) is 0 Å². The van der Waals surface area contributed by atoms with E-state index < -0.39 is 5.97 Å². The fraction of sp³-hybridized carbons (Fsp3) is 0. The van der Waals surface area contributed by atoms with Crippen LogP contribution in [0, 0.1) is 0 Å². The predicted octanol–water partition coefficient (Wildman–Crippen LogP) is 2.45. The molecule has 90 valence electrons. The van der Waals surface area contributed by atoms with Gasteiger partial charge in [0.25, 0.3) is 0 Å². The Kier molecular flexibility index (Phi) is 2.41. The summed E-state index contributed by atoms with van der Waals surface area (Å²) in [5.41, 5.74) is 0.719. The minimum Gasteiger partial charge on any atom is -0.478 e. The van der Waals surface area contributed by atoms with E-state index in [0.717, 1.165) is 0 Å². The van der Waals surface area contributed by atoms with Gasteiger partial charge in [-0.3, -0.25) is 4.40 Å². The molecule has 0 atom stereocenters. The number of aromatic nitrogens is 3. The number of aromatic carboxylic acids is 1. The second kappa shape index (κ2) is 3.95. The molecule has 0 aliphatic carbocycles. The Hall–Kier alpha value is -2.15. The molecular formula is C11H6BrN3O3. The van der Waals surface area contributed by atoms with Gasteiger partial charge in [0.1, 0.15) is 0 Å². The van der Waals surface area contributed by atoms with E-state index in [4.69, 9.17) is 9.52 Å². The summed E-state index contributed by atoms with van der Waals surface area (Å²) in [6, 6.07) is 6.54. The smallest absolute Gasteiger partial charge is 0.337 e.